The maximum atomic E-state index is 13.1. The monoisotopic (exact) mass is 326 g/mol. The van der Waals surface area contributed by atoms with Gasteiger partial charge in [-0.05, 0) is 48.2 Å². The molecule has 1 atom stereocenters. The SMILES string of the molecule is CC[C@H](Nc1ccc(CN2CCCC2=O)cc1)c1ccc(F)cc1. The normalized spacial score (nSPS) is 15.6. The second-order valence-corrected chi connectivity index (χ2v) is 6.27. The number of carbonyl (C=O) groups excluding carboxylic acids is 1. The molecule has 126 valence electrons. The number of hydrogen-bond acceptors (Lipinski definition) is 2. The van der Waals surface area contributed by atoms with E-state index in [0.29, 0.717) is 13.0 Å². The lowest BCUT2D eigenvalue weighted by Gasteiger charge is -2.20. The molecule has 1 N–H and O–H groups in total. The summed E-state index contributed by atoms with van der Waals surface area (Å²) in [5, 5.41) is 3.49. The fourth-order valence-electron chi connectivity index (χ4n) is 3.12. The van der Waals surface area contributed by atoms with Crippen LogP contribution < -0.4 is 5.32 Å². The molecule has 0 spiro atoms. The Kier molecular flexibility index (Phi) is 5.14. The van der Waals surface area contributed by atoms with Crippen LogP contribution in [-0.4, -0.2) is 17.4 Å². The number of anilines is 1. The van der Waals surface area contributed by atoms with Crippen molar-refractivity contribution >= 4 is 11.6 Å². The highest BCUT2D eigenvalue weighted by atomic mass is 19.1. The number of benzene rings is 2. The number of nitrogens with one attached hydrogen (secondary N) is 1. The number of amides is 1. The molecule has 1 fully saturated rings. The van der Waals surface area contributed by atoms with E-state index in [2.05, 4.69) is 24.4 Å². The van der Waals surface area contributed by atoms with Crippen LogP contribution in [0.5, 0.6) is 0 Å². The van der Waals surface area contributed by atoms with Crippen LogP contribution in [0.15, 0.2) is 48.5 Å². The quantitative estimate of drug-likeness (QED) is 0.847. The zero-order valence-electron chi connectivity index (χ0n) is 14.0. The van der Waals surface area contributed by atoms with Crippen LogP contribution in [0.1, 0.15) is 43.4 Å². The standard InChI is InChI=1S/C20H23FN2O/c1-2-19(16-7-9-17(21)10-8-16)22-18-11-5-15(6-12-18)14-23-13-3-4-20(23)24/h5-12,19,22H,2-4,13-14H2,1H3/t19-/m0/s1. The predicted molar refractivity (Wildman–Crippen MR) is 94.1 cm³/mol. The van der Waals surface area contributed by atoms with E-state index in [4.69, 9.17) is 0 Å². The molecule has 1 aliphatic rings. The second kappa shape index (κ2) is 7.47. The first kappa shape index (κ1) is 16.5. The summed E-state index contributed by atoms with van der Waals surface area (Å²) in [5.74, 6) is 0.0361. The fourth-order valence-corrected chi connectivity index (χ4v) is 3.12. The first-order valence-electron chi connectivity index (χ1n) is 8.54. The van der Waals surface area contributed by atoms with Crippen molar-refractivity contribution in [2.75, 3.05) is 11.9 Å². The average molecular weight is 326 g/mol. The van der Waals surface area contributed by atoms with Gasteiger partial charge in [-0.15, -0.1) is 0 Å². The lowest BCUT2D eigenvalue weighted by atomic mass is 10.0. The van der Waals surface area contributed by atoms with Crippen LogP contribution in [0, 0.1) is 5.82 Å². The van der Waals surface area contributed by atoms with Gasteiger partial charge in [0.15, 0.2) is 0 Å². The van der Waals surface area contributed by atoms with Crippen LogP contribution in [0.4, 0.5) is 10.1 Å². The number of rotatable bonds is 6. The maximum Gasteiger partial charge on any atom is 0.222 e. The number of nitrogens with zero attached hydrogens (tertiary/aromatic N) is 1. The third kappa shape index (κ3) is 3.94. The molecular weight excluding hydrogens is 303 g/mol. The third-order valence-corrected chi connectivity index (χ3v) is 4.52. The van der Waals surface area contributed by atoms with Crippen molar-refractivity contribution < 1.29 is 9.18 Å². The van der Waals surface area contributed by atoms with Gasteiger partial charge >= 0.3 is 0 Å². The van der Waals surface area contributed by atoms with Gasteiger partial charge in [-0.1, -0.05) is 31.2 Å². The predicted octanol–water partition coefficient (Wildman–Crippen LogP) is 4.51. The zero-order chi connectivity index (χ0) is 16.9. The topological polar surface area (TPSA) is 32.3 Å². The van der Waals surface area contributed by atoms with E-state index < -0.39 is 0 Å². The minimum Gasteiger partial charge on any atom is -0.378 e. The minimum absolute atomic E-state index is 0.150. The highest BCUT2D eigenvalue weighted by Gasteiger charge is 2.19. The van der Waals surface area contributed by atoms with E-state index in [-0.39, 0.29) is 17.8 Å². The van der Waals surface area contributed by atoms with Crippen LogP contribution in [-0.2, 0) is 11.3 Å². The van der Waals surface area contributed by atoms with Gasteiger partial charge < -0.3 is 10.2 Å². The molecule has 1 saturated heterocycles. The van der Waals surface area contributed by atoms with Crippen molar-refractivity contribution in [2.24, 2.45) is 0 Å². The molecule has 1 amide bonds. The van der Waals surface area contributed by atoms with Crippen molar-refractivity contribution in [2.45, 2.75) is 38.8 Å². The van der Waals surface area contributed by atoms with E-state index in [1.807, 2.05) is 29.2 Å². The number of hydrogen-bond donors (Lipinski definition) is 1. The van der Waals surface area contributed by atoms with Gasteiger partial charge in [0.2, 0.25) is 5.91 Å². The van der Waals surface area contributed by atoms with Crippen molar-refractivity contribution in [1.29, 1.82) is 0 Å². The van der Waals surface area contributed by atoms with Crippen LogP contribution in [0.25, 0.3) is 0 Å². The summed E-state index contributed by atoms with van der Waals surface area (Å²) in [4.78, 5) is 13.6. The Morgan fingerprint density at radius 1 is 1.12 bits per heavy atom. The fraction of sp³-hybridized carbons (Fsp3) is 0.350. The van der Waals surface area contributed by atoms with Crippen molar-refractivity contribution in [3.8, 4) is 0 Å². The van der Waals surface area contributed by atoms with Crippen molar-refractivity contribution in [3.63, 3.8) is 0 Å². The van der Waals surface area contributed by atoms with Gasteiger partial charge in [0.05, 0.1) is 6.04 Å². The molecule has 3 nitrogen and oxygen atoms in total. The molecule has 2 aromatic rings. The van der Waals surface area contributed by atoms with E-state index in [1.54, 1.807) is 0 Å². The van der Waals surface area contributed by atoms with Gasteiger partial charge in [-0.25, -0.2) is 4.39 Å². The lowest BCUT2D eigenvalue weighted by Crippen LogP contribution is -2.23. The number of halogens is 1. The third-order valence-electron chi connectivity index (χ3n) is 4.52. The Morgan fingerprint density at radius 3 is 2.42 bits per heavy atom. The van der Waals surface area contributed by atoms with Gasteiger partial charge in [-0.3, -0.25) is 4.79 Å². The van der Waals surface area contributed by atoms with E-state index >= 15 is 0 Å². The first-order chi connectivity index (χ1) is 11.7. The molecule has 4 heteroatoms. The minimum atomic E-state index is -0.214. The molecule has 0 aromatic heterocycles. The molecule has 1 heterocycles. The van der Waals surface area contributed by atoms with Crippen molar-refractivity contribution in [1.82, 2.24) is 4.90 Å². The molecule has 3 rings (SSSR count). The summed E-state index contributed by atoms with van der Waals surface area (Å²) in [5.41, 5.74) is 3.25. The molecule has 0 bridgehead atoms. The maximum absolute atomic E-state index is 13.1. The molecule has 24 heavy (non-hydrogen) atoms. The zero-order valence-corrected chi connectivity index (χ0v) is 14.0. The largest absolute Gasteiger partial charge is 0.378 e. The van der Waals surface area contributed by atoms with E-state index in [9.17, 15) is 9.18 Å². The Bertz CT molecular complexity index is 682. The smallest absolute Gasteiger partial charge is 0.222 e. The van der Waals surface area contributed by atoms with E-state index in [0.717, 1.165) is 36.2 Å². The number of carbonyl (C=O) groups is 1. The Labute approximate surface area is 142 Å². The molecule has 0 aliphatic carbocycles. The first-order valence-corrected chi connectivity index (χ1v) is 8.54. The summed E-state index contributed by atoms with van der Waals surface area (Å²) >= 11 is 0. The lowest BCUT2D eigenvalue weighted by molar-refractivity contribution is -0.128. The summed E-state index contributed by atoms with van der Waals surface area (Å²) in [6.07, 6.45) is 2.56. The second-order valence-electron chi connectivity index (χ2n) is 6.27. The highest BCUT2D eigenvalue weighted by molar-refractivity contribution is 5.78. The number of likely N-dealkylation sites (tertiary alicyclic amines) is 1. The average Bonchev–Trinajstić information content (AvgIpc) is 3.00. The van der Waals surface area contributed by atoms with Gasteiger partial charge in [0, 0.05) is 25.2 Å². The van der Waals surface area contributed by atoms with Crippen molar-refractivity contribution in [3.05, 3.63) is 65.5 Å². The van der Waals surface area contributed by atoms with E-state index in [1.165, 1.54) is 12.1 Å². The van der Waals surface area contributed by atoms with Crippen LogP contribution in [0.2, 0.25) is 0 Å². The summed E-state index contributed by atoms with van der Waals surface area (Å²) in [6.45, 7) is 3.66. The molecule has 2 aromatic carbocycles. The van der Waals surface area contributed by atoms with Crippen LogP contribution in [0.3, 0.4) is 0 Å². The molecular formula is C20H23FN2O. The van der Waals surface area contributed by atoms with Gasteiger partial charge in [-0.2, -0.15) is 0 Å². The molecule has 1 aliphatic heterocycles. The Balaban J connectivity index is 1.64. The summed E-state index contributed by atoms with van der Waals surface area (Å²) in [6, 6.07) is 15.0. The Hall–Kier alpha value is -2.36. The summed E-state index contributed by atoms with van der Waals surface area (Å²) < 4.78 is 13.1. The Morgan fingerprint density at radius 2 is 1.83 bits per heavy atom. The molecule has 0 radical (unpaired) electrons. The van der Waals surface area contributed by atoms with Crippen LogP contribution >= 0.6 is 0 Å². The summed E-state index contributed by atoms with van der Waals surface area (Å²) in [7, 11) is 0. The van der Waals surface area contributed by atoms with Gasteiger partial charge in [0.25, 0.3) is 0 Å². The highest BCUT2D eigenvalue weighted by Crippen LogP contribution is 2.23. The molecule has 0 unspecified atom stereocenters. The van der Waals surface area contributed by atoms with Gasteiger partial charge in [0.1, 0.15) is 5.82 Å². The molecule has 0 saturated carbocycles.